The van der Waals surface area contributed by atoms with Crippen LogP contribution in [0.5, 0.6) is 0 Å². The molecule has 4 heteroatoms. The molecule has 0 fully saturated rings. The second kappa shape index (κ2) is 11.3. The molecule has 2 aliphatic rings. The van der Waals surface area contributed by atoms with Crippen LogP contribution in [0.1, 0.15) is 0 Å². The molecule has 0 saturated heterocycles. The number of hydrogen-bond acceptors (Lipinski definition) is 2. The van der Waals surface area contributed by atoms with Gasteiger partial charge in [0.25, 0.3) is 0 Å². The van der Waals surface area contributed by atoms with Gasteiger partial charge in [0.2, 0.25) is 0 Å². The average molecular weight is 726 g/mol. The zero-order chi connectivity index (χ0) is 36.3. The first-order valence-electron chi connectivity index (χ1n) is 19.0. The van der Waals surface area contributed by atoms with Crippen LogP contribution in [0, 0.1) is 0 Å². The summed E-state index contributed by atoms with van der Waals surface area (Å²) in [6.07, 6.45) is 0. The largest absolute Gasteiger partial charge is 0.456 e. The number of furan rings is 1. The van der Waals surface area contributed by atoms with Crippen molar-refractivity contribution in [2.75, 3.05) is 4.90 Å². The molecule has 258 valence electrons. The van der Waals surface area contributed by atoms with Crippen molar-refractivity contribution in [1.82, 2.24) is 0 Å². The highest BCUT2D eigenvalue weighted by atomic mass is 28.3. The fourth-order valence-electron chi connectivity index (χ4n) is 9.69. The molecule has 0 spiro atoms. The summed E-state index contributed by atoms with van der Waals surface area (Å²) in [7, 11) is -3.97. The maximum absolute atomic E-state index is 6.40. The molecule has 0 radical (unpaired) electrons. The van der Waals surface area contributed by atoms with Gasteiger partial charge in [-0.15, -0.1) is 0 Å². The third-order valence-electron chi connectivity index (χ3n) is 12.5. The van der Waals surface area contributed by atoms with Gasteiger partial charge in [0.1, 0.15) is 27.3 Å². The number of anilines is 3. The van der Waals surface area contributed by atoms with Crippen molar-refractivity contribution in [2.24, 2.45) is 0 Å². The molecule has 2 aliphatic heterocycles. The van der Waals surface area contributed by atoms with Gasteiger partial charge in [0, 0.05) is 27.7 Å². The standard InChI is InChI=1S/C50H39NOSi2/c1-53(2)44-18-10-8-15-39(44)48-41(16-11-19-45(48)53)51(36-24-22-33(23-25-36)35-21-20-32-12-5-6-13-34(32)30-35)37-26-27-40-47(31-37)54(3,4)46-29-28-43-49(50(40)46)38-14-7-9-17-42(38)52-43/h5-31H,1-4H3. The molecule has 0 atom stereocenters. The van der Waals surface area contributed by atoms with Crippen LogP contribution >= 0.6 is 0 Å². The third kappa shape index (κ3) is 4.38. The predicted molar refractivity (Wildman–Crippen MR) is 236 cm³/mol. The number of para-hydroxylation sites is 1. The molecule has 9 aromatic rings. The molecular weight excluding hydrogens is 687 g/mol. The zero-order valence-corrected chi connectivity index (χ0v) is 32.9. The summed E-state index contributed by atoms with van der Waals surface area (Å²) in [5.41, 5.74) is 13.5. The first-order valence-corrected chi connectivity index (χ1v) is 25.0. The predicted octanol–water partition coefficient (Wildman–Crippen LogP) is 11.5. The maximum Gasteiger partial charge on any atom is 0.136 e. The van der Waals surface area contributed by atoms with E-state index in [0.717, 1.165) is 16.9 Å². The normalized spacial score (nSPS) is 14.6. The minimum absolute atomic E-state index is 0.952. The highest BCUT2D eigenvalue weighted by Crippen LogP contribution is 2.45. The number of nitrogens with zero attached hydrogens (tertiary/aromatic N) is 1. The van der Waals surface area contributed by atoms with Crippen molar-refractivity contribution in [3.05, 3.63) is 164 Å². The smallest absolute Gasteiger partial charge is 0.136 e. The maximum atomic E-state index is 6.40. The first-order chi connectivity index (χ1) is 26.3. The quantitative estimate of drug-likeness (QED) is 0.168. The Hall–Kier alpha value is -5.95. The van der Waals surface area contributed by atoms with Crippen LogP contribution in [0.3, 0.4) is 0 Å². The SMILES string of the molecule is C[Si]1(C)c2ccccc2-c2c(N(c3ccc(-c4ccc5ccccc5c4)cc3)c3ccc4c(c3)[Si](C)(C)c3ccc5oc6ccccc6c5c3-4)cccc21. The van der Waals surface area contributed by atoms with Gasteiger partial charge in [-0.25, -0.2) is 0 Å². The van der Waals surface area contributed by atoms with E-state index >= 15 is 0 Å². The van der Waals surface area contributed by atoms with Crippen LogP contribution in [-0.2, 0) is 0 Å². The fourth-order valence-corrected chi connectivity index (χ4v) is 15.8. The van der Waals surface area contributed by atoms with Crippen LogP contribution in [0.4, 0.5) is 17.1 Å². The summed E-state index contributed by atoms with van der Waals surface area (Å²) in [4.78, 5) is 2.53. The Balaban J connectivity index is 1.12. The zero-order valence-electron chi connectivity index (χ0n) is 30.9. The second-order valence-electron chi connectivity index (χ2n) is 16.1. The Bertz CT molecular complexity index is 3010. The van der Waals surface area contributed by atoms with E-state index in [-0.39, 0.29) is 0 Å². The van der Waals surface area contributed by atoms with E-state index in [9.17, 15) is 0 Å². The highest BCUT2D eigenvalue weighted by Gasteiger charge is 2.41. The Morgan fingerprint density at radius 2 is 1.09 bits per heavy atom. The molecule has 8 aromatic carbocycles. The van der Waals surface area contributed by atoms with E-state index < -0.39 is 16.1 Å². The molecule has 11 rings (SSSR count). The van der Waals surface area contributed by atoms with Crippen LogP contribution in [0.2, 0.25) is 26.2 Å². The third-order valence-corrected chi connectivity index (χ3v) is 19.5. The van der Waals surface area contributed by atoms with Gasteiger partial charge in [0.05, 0.1) is 5.69 Å². The van der Waals surface area contributed by atoms with Crippen molar-refractivity contribution in [3.63, 3.8) is 0 Å². The topological polar surface area (TPSA) is 16.4 Å². The van der Waals surface area contributed by atoms with Crippen molar-refractivity contribution in [3.8, 4) is 33.4 Å². The van der Waals surface area contributed by atoms with Gasteiger partial charge >= 0.3 is 0 Å². The lowest BCUT2D eigenvalue weighted by Crippen LogP contribution is -2.49. The summed E-state index contributed by atoms with van der Waals surface area (Å²) in [5, 5.41) is 11.0. The van der Waals surface area contributed by atoms with Crippen LogP contribution in [0.15, 0.2) is 168 Å². The number of rotatable bonds is 4. The molecule has 0 saturated carbocycles. The molecule has 0 unspecified atom stereocenters. The molecule has 2 nitrogen and oxygen atoms in total. The summed E-state index contributed by atoms with van der Waals surface area (Å²) in [5.74, 6) is 0. The Kier molecular flexibility index (Phi) is 6.60. The molecular formula is C50H39NOSi2. The molecule has 0 aliphatic carbocycles. The molecule has 1 aromatic heterocycles. The Morgan fingerprint density at radius 3 is 1.96 bits per heavy atom. The number of benzene rings is 8. The van der Waals surface area contributed by atoms with Gasteiger partial charge in [-0.05, 0) is 108 Å². The fraction of sp³-hybridized carbons (Fsp3) is 0.0800. The van der Waals surface area contributed by atoms with Gasteiger partial charge < -0.3 is 9.32 Å². The highest BCUT2D eigenvalue weighted by molar-refractivity contribution is 7.04. The van der Waals surface area contributed by atoms with Crippen molar-refractivity contribution >= 4 is 86.7 Å². The van der Waals surface area contributed by atoms with E-state index in [1.54, 1.807) is 0 Å². The van der Waals surface area contributed by atoms with E-state index in [4.69, 9.17) is 4.42 Å². The van der Waals surface area contributed by atoms with Crippen molar-refractivity contribution in [1.29, 1.82) is 0 Å². The van der Waals surface area contributed by atoms with Crippen molar-refractivity contribution in [2.45, 2.75) is 26.2 Å². The van der Waals surface area contributed by atoms with Gasteiger partial charge in [-0.2, -0.15) is 0 Å². The summed E-state index contributed by atoms with van der Waals surface area (Å²) >= 11 is 0. The molecule has 54 heavy (non-hydrogen) atoms. The minimum Gasteiger partial charge on any atom is -0.456 e. The lowest BCUT2D eigenvalue weighted by molar-refractivity contribution is 0.669. The van der Waals surface area contributed by atoms with Gasteiger partial charge in [0.15, 0.2) is 0 Å². The van der Waals surface area contributed by atoms with Crippen LogP contribution in [0.25, 0.3) is 66.1 Å². The van der Waals surface area contributed by atoms with E-state index in [1.165, 1.54) is 87.0 Å². The number of fused-ring (bicyclic) bond motifs is 11. The van der Waals surface area contributed by atoms with Gasteiger partial charge in [-0.1, -0.05) is 141 Å². The number of hydrogen-bond donors (Lipinski definition) is 0. The average Bonchev–Trinajstić information content (AvgIpc) is 3.78. The van der Waals surface area contributed by atoms with E-state index in [0.29, 0.717) is 0 Å². The Morgan fingerprint density at radius 1 is 0.426 bits per heavy atom. The lowest BCUT2D eigenvalue weighted by atomic mass is 9.98. The van der Waals surface area contributed by atoms with Crippen molar-refractivity contribution < 1.29 is 4.42 Å². The monoisotopic (exact) mass is 725 g/mol. The molecule has 0 bridgehead atoms. The van der Waals surface area contributed by atoms with Gasteiger partial charge in [-0.3, -0.25) is 0 Å². The molecule has 3 heterocycles. The van der Waals surface area contributed by atoms with Crippen LogP contribution in [-0.4, -0.2) is 16.1 Å². The minimum atomic E-state index is -2.08. The molecule has 0 amide bonds. The van der Waals surface area contributed by atoms with E-state index in [1.807, 2.05) is 0 Å². The summed E-state index contributed by atoms with van der Waals surface area (Å²) in [6.45, 7) is 10.0. The molecule has 0 N–H and O–H groups in total. The summed E-state index contributed by atoms with van der Waals surface area (Å²) < 4.78 is 6.40. The first kappa shape index (κ1) is 31.6. The summed E-state index contributed by atoms with van der Waals surface area (Å²) in [6, 6.07) is 61.1. The van der Waals surface area contributed by atoms with E-state index in [2.05, 4.69) is 195 Å². The Labute approximate surface area is 318 Å². The second-order valence-corrected chi connectivity index (χ2v) is 24.8. The van der Waals surface area contributed by atoms with Crippen LogP contribution < -0.4 is 25.6 Å². The lowest BCUT2D eigenvalue weighted by Gasteiger charge is -2.30.